The number of aromatic nitrogens is 15. The van der Waals surface area contributed by atoms with Crippen molar-refractivity contribution in [1.82, 2.24) is 73.7 Å². The highest BCUT2D eigenvalue weighted by Crippen LogP contribution is 2.42. The summed E-state index contributed by atoms with van der Waals surface area (Å²) in [6, 6.07) is 27.4. The Morgan fingerprint density at radius 3 is 1.38 bits per heavy atom. The van der Waals surface area contributed by atoms with E-state index in [0.29, 0.717) is 50.0 Å². The fourth-order valence-electron chi connectivity index (χ4n) is 9.01. The highest BCUT2D eigenvalue weighted by Gasteiger charge is 2.36. The summed E-state index contributed by atoms with van der Waals surface area (Å²) < 4.78 is 110. The van der Waals surface area contributed by atoms with Crippen molar-refractivity contribution in [2.24, 2.45) is 0 Å². The number of rotatable bonds is 8. The Bertz CT molecular complexity index is 4780. The first-order valence-corrected chi connectivity index (χ1v) is 26.3. The van der Waals surface area contributed by atoms with Crippen molar-refractivity contribution >= 4 is 69.9 Å². The molecule has 89 heavy (non-hydrogen) atoms. The Morgan fingerprint density at radius 1 is 0.517 bits per heavy atom. The average Bonchev–Trinajstić information content (AvgIpc) is 1.77. The van der Waals surface area contributed by atoms with Crippen molar-refractivity contribution in [2.45, 2.75) is 45.6 Å². The monoisotopic (exact) mass is 1260 g/mol. The van der Waals surface area contributed by atoms with E-state index in [0.717, 1.165) is 33.3 Å². The Morgan fingerprint density at radius 2 is 0.921 bits per heavy atom. The van der Waals surface area contributed by atoms with Crippen LogP contribution in [0.5, 0.6) is 0 Å². The van der Waals surface area contributed by atoms with Gasteiger partial charge in [-0.15, -0.1) is 26.3 Å². The molecule has 0 atom stereocenters. The van der Waals surface area contributed by atoms with E-state index in [1.165, 1.54) is 47.8 Å². The van der Waals surface area contributed by atoms with Gasteiger partial charge in [-0.3, -0.25) is 0 Å². The van der Waals surface area contributed by atoms with Crippen LogP contribution in [0.15, 0.2) is 115 Å². The van der Waals surface area contributed by atoms with Gasteiger partial charge in [0.15, 0.2) is 17.1 Å². The van der Waals surface area contributed by atoms with Gasteiger partial charge in [-0.25, -0.2) is 53.4 Å². The van der Waals surface area contributed by atoms with Crippen molar-refractivity contribution in [2.75, 3.05) is 17.2 Å². The molecule has 3 aromatic carbocycles. The van der Waals surface area contributed by atoms with Crippen LogP contribution in [0.2, 0.25) is 10.3 Å². The van der Waals surface area contributed by atoms with Gasteiger partial charge in [-0.1, -0.05) is 53.5 Å². The van der Waals surface area contributed by atoms with Crippen LogP contribution in [0.1, 0.15) is 53.1 Å². The number of nitrogens with zero attached hydrogens (tertiary/aromatic N) is 16. The lowest BCUT2D eigenvalue weighted by Gasteiger charge is -2.14. The van der Waals surface area contributed by atoms with E-state index in [4.69, 9.17) is 47.0 Å². The number of aromatic carboxylic acids is 1. The zero-order chi connectivity index (χ0) is 64.2. The number of aryl methyl sites for hydroxylation is 2. The number of aliphatic hydroxyl groups is 1. The minimum Gasteiger partial charge on any atom is -0.475 e. The lowest BCUT2D eigenvalue weighted by Crippen LogP contribution is -2.17. The second kappa shape index (κ2) is 23.4. The summed E-state index contributed by atoms with van der Waals surface area (Å²) in [4.78, 5) is 51.1. The van der Waals surface area contributed by atoms with Gasteiger partial charge in [0.2, 0.25) is 23.5 Å². The van der Waals surface area contributed by atoms with E-state index in [1.807, 2.05) is 13.0 Å². The molecule has 8 N–H and O–H groups in total. The van der Waals surface area contributed by atoms with Crippen LogP contribution in [0, 0.1) is 32.1 Å². The zero-order valence-electron chi connectivity index (χ0n) is 45.9. The maximum atomic E-state index is 13.5. The molecule has 0 aliphatic heterocycles. The van der Waals surface area contributed by atoms with E-state index >= 15 is 0 Å². The van der Waals surface area contributed by atoms with Crippen LogP contribution < -0.4 is 17.2 Å². The molecule has 0 aliphatic carbocycles. The van der Waals surface area contributed by atoms with Crippen molar-refractivity contribution < 1.29 is 50.1 Å². The van der Waals surface area contributed by atoms with Crippen molar-refractivity contribution in [3.05, 3.63) is 183 Å². The van der Waals surface area contributed by atoms with E-state index in [2.05, 4.69) is 65.0 Å². The molecule has 450 valence electrons. The minimum atomic E-state index is -4.76. The number of nitrogens with two attached hydrogens (primary N) is 3. The smallest absolute Gasteiger partial charge is 0.433 e. The molecule has 0 bridgehead atoms. The number of carboxylic acids is 1. The van der Waals surface area contributed by atoms with Crippen LogP contribution >= 0.6 is 23.2 Å². The summed E-state index contributed by atoms with van der Waals surface area (Å²) in [7, 11) is 0. The Kier molecular flexibility index (Phi) is 16.1. The molecule has 0 aliphatic rings. The number of hydrogen-bond donors (Lipinski definition) is 5. The number of benzene rings is 3. The molecule has 22 nitrogen and oxygen atoms in total. The third kappa shape index (κ3) is 12.7. The molecule has 0 unspecified atom stereocenters. The topological polar surface area (TPSA) is 308 Å². The van der Waals surface area contributed by atoms with Gasteiger partial charge in [0.1, 0.15) is 38.9 Å². The number of carboxylic acid groups (broad SMARTS) is 1. The van der Waals surface area contributed by atoms with Gasteiger partial charge in [0, 0.05) is 28.1 Å². The Balaban J connectivity index is 0.000000147. The van der Waals surface area contributed by atoms with Crippen molar-refractivity contribution in [3.63, 3.8) is 0 Å². The number of pyridine rings is 3. The molecule has 0 saturated heterocycles. The molecule has 0 radical (unpaired) electrons. The lowest BCUT2D eigenvalue weighted by molar-refractivity contribution is -0.141. The van der Waals surface area contributed by atoms with Gasteiger partial charge >= 0.3 is 24.3 Å². The fraction of sp³-hybridized carbons (Fsp3) is 0.123. The molecule has 32 heteroatoms. The molecule has 0 fully saturated rings. The molecular formula is C57H39Cl2F8N19O3. The highest BCUT2D eigenvalue weighted by molar-refractivity contribution is 6.30. The maximum Gasteiger partial charge on any atom is 0.433 e. The van der Waals surface area contributed by atoms with Gasteiger partial charge < -0.3 is 32.3 Å². The number of fused-ring (bicyclic) bond motifs is 3. The minimum absolute atomic E-state index is 0.0109. The first kappa shape index (κ1) is 61.2. The SMILES string of the molecule is Cc1cc(-c2c(-c3ccc(F)cc3)nc(N)n3nc(C(C)(C)O)nc23)cc(Cl)n1.Cc1cc(-c2c(-c3ccccc3)nc(N)n3nc(C(=O)O)nc23)cc(C(F)(F)F)n1.[C-]#[N+]c1nc2c(-c3cc(Cl)nc(C(F)(F)F)c3)c(-c3ccc(F)cc3)nc(N)n2n1. The number of hydrogen-bond acceptors (Lipinski definition) is 17. The van der Waals surface area contributed by atoms with Crippen LogP contribution in [-0.2, 0) is 18.0 Å². The van der Waals surface area contributed by atoms with Gasteiger partial charge in [-0.2, -0.15) is 35.4 Å². The predicted molar refractivity (Wildman–Crippen MR) is 309 cm³/mol. The third-order valence-corrected chi connectivity index (χ3v) is 13.1. The molecule has 9 aromatic heterocycles. The van der Waals surface area contributed by atoms with E-state index in [1.54, 1.807) is 62.4 Å². The Hall–Kier alpha value is -10.9. The van der Waals surface area contributed by atoms with Crippen molar-refractivity contribution in [3.8, 4) is 67.2 Å². The lowest BCUT2D eigenvalue weighted by atomic mass is 9.99. The number of halogens is 10. The standard InChI is InChI=1S/C20H18ClFN6O.C19H13F3N6O2.C18H8ClF4N7/c1-10-8-12(9-14(21)24-10)15-16(11-4-6-13(22)7-5-11)25-19(23)28-17(15)26-18(27-28)20(2,3)29;1-9-7-11(8-12(24-9)19(20,21)22)13-14(10-5-3-2-4-6-10)25-18(23)28-16(13)26-15(27-28)17(29)30;1-25-17-28-15-13(9-6-11(18(21,22)23)26-12(19)7-9)14(27-16(24)30(15)29-17)8-2-4-10(20)5-3-8/h4-9,29H,1-3H3,(H2,23,25);2-8H,1H3,(H2,23,25)(H,29,30);2-7H,(H2,24,27). The quantitative estimate of drug-likeness (QED) is 0.0536. The van der Waals surface area contributed by atoms with Crippen LogP contribution in [-0.4, -0.2) is 89.9 Å². The molecule has 0 spiro atoms. The van der Waals surface area contributed by atoms with Gasteiger partial charge in [-0.05, 0) is 134 Å². The van der Waals surface area contributed by atoms with Gasteiger partial charge in [0.25, 0.3) is 5.82 Å². The van der Waals surface area contributed by atoms with Gasteiger partial charge in [0.05, 0.1) is 33.8 Å². The summed E-state index contributed by atoms with van der Waals surface area (Å²) in [5.41, 5.74) is 19.6. The fourth-order valence-corrected chi connectivity index (χ4v) is 9.47. The first-order valence-electron chi connectivity index (χ1n) is 25.5. The number of alkyl halides is 6. The zero-order valence-corrected chi connectivity index (χ0v) is 47.5. The first-order chi connectivity index (χ1) is 41.9. The van der Waals surface area contributed by atoms with E-state index in [-0.39, 0.29) is 86.1 Å². The van der Waals surface area contributed by atoms with Crippen LogP contribution in [0.3, 0.4) is 0 Å². The van der Waals surface area contributed by atoms with E-state index in [9.17, 15) is 50.1 Å². The normalized spacial score (nSPS) is 11.8. The third-order valence-electron chi connectivity index (χ3n) is 12.8. The second-order valence-electron chi connectivity index (χ2n) is 19.7. The highest BCUT2D eigenvalue weighted by atomic mass is 35.5. The summed E-state index contributed by atoms with van der Waals surface area (Å²) in [6.07, 6.45) is -9.44. The molecule has 9 heterocycles. The average molecular weight is 1260 g/mol. The molecule has 0 amide bonds. The number of carbonyl (C=O) groups is 1. The largest absolute Gasteiger partial charge is 0.475 e. The van der Waals surface area contributed by atoms with Crippen LogP contribution in [0.4, 0.5) is 58.9 Å². The molecular weight excluding hydrogens is 1220 g/mol. The summed E-state index contributed by atoms with van der Waals surface area (Å²) in [5.74, 6) is -3.16. The number of anilines is 3. The molecule has 0 saturated carbocycles. The summed E-state index contributed by atoms with van der Waals surface area (Å²) in [5, 5.41) is 31.6. The van der Waals surface area contributed by atoms with Crippen LogP contribution in [0.25, 0.3) is 88.9 Å². The molecule has 12 aromatic rings. The molecule has 12 rings (SSSR count). The maximum absolute atomic E-state index is 13.5. The number of nitrogen functional groups attached to an aromatic ring is 3. The Labute approximate surface area is 504 Å². The van der Waals surface area contributed by atoms with E-state index < -0.39 is 52.1 Å². The predicted octanol–water partition coefficient (Wildman–Crippen LogP) is 12.0. The van der Waals surface area contributed by atoms with Crippen molar-refractivity contribution in [1.29, 1.82) is 0 Å². The summed E-state index contributed by atoms with van der Waals surface area (Å²) >= 11 is 12.0. The summed E-state index contributed by atoms with van der Waals surface area (Å²) in [6.45, 7) is 13.5. The second-order valence-corrected chi connectivity index (χ2v) is 20.5.